The highest BCUT2D eigenvalue weighted by atomic mass is 35.5. The fourth-order valence-corrected chi connectivity index (χ4v) is 4.70. The zero-order chi connectivity index (χ0) is 21.2. The molecule has 7 nitrogen and oxygen atoms in total. The molecule has 1 aliphatic rings. The number of aryl methyl sites for hydroxylation is 1. The predicted octanol–water partition coefficient (Wildman–Crippen LogP) is 3.62. The first kappa shape index (κ1) is 21.6. The number of anilines is 2. The molecule has 1 unspecified atom stereocenters. The highest BCUT2D eigenvalue weighted by Gasteiger charge is 2.28. The van der Waals surface area contributed by atoms with E-state index in [9.17, 15) is 18.0 Å². The van der Waals surface area contributed by atoms with Crippen molar-refractivity contribution in [3.8, 4) is 0 Å². The number of halogens is 1. The van der Waals surface area contributed by atoms with E-state index in [1.807, 2.05) is 31.2 Å². The summed E-state index contributed by atoms with van der Waals surface area (Å²) in [6.45, 7) is 1.99. The number of fused-ring (bicyclic) bond motifs is 1. The first-order chi connectivity index (χ1) is 13.7. The van der Waals surface area contributed by atoms with Crippen molar-refractivity contribution in [2.45, 2.75) is 30.7 Å². The highest BCUT2D eigenvalue weighted by molar-refractivity contribution is 8.14. The smallest absolute Gasteiger partial charge is 0.286 e. The van der Waals surface area contributed by atoms with E-state index in [0.717, 1.165) is 41.9 Å². The topological polar surface area (TPSA) is 110 Å². The maximum Gasteiger partial charge on any atom is 0.286 e. The molecule has 0 aliphatic carbocycles. The number of nitrogens with zero attached hydrogens (tertiary/aromatic N) is 1. The van der Waals surface area contributed by atoms with Crippen molar-refractivity contribution in [3.63, 3.8) is 0 Å². The lowest BCUT2D eigenvalue weighted by molar-refractivity contribution is -0.113. The number of benzene rings is 2. The molecule has 29 heavy (non-hydrogen) atoms. The third-order valence-electron chi connectivity index (χ3n) is 4.59. The number of carbonyl (C=O) groups is 2. The van der Waals surface area contributed by atoms with Crippen molar-refractivity contribution in [2.75, 3.05) is 16.0 Å². The van der Waals surface area contributed by atoms with E-state index in [2.05, 4.69) is 5.32 Å². The van der Waals surface area contributed by atoms with Gasteiger partial charge >= 0.3 is 0 Å². The summed E-state index contributed by atoms with van der Waals surface area (Å²) < 4.78 is 22.7. The minimum Gasteiger partial charge on any atom is -0.324 e. The van der Waals surface area contributed by atoms with E-state index in [-0.39, 0.29) is 32.6 Å². The monoisotopic (exact) mass is 453 g/mol. The first-order valence-corrected chi connectivity index (χ1v) is 11.7. The van der Waals surface area contributed by atoms with Gasteiger partial charge in [0.1, 0.15) is 0 Å². The molecule has 0 fully saturated rings. The Morgan fingerprint density at radius 1 is 1.28 bits per heavy atom. The molecule has 0 aromatic heterocycles. The lowest BCUT2D eigenvalue weighted by atomic mass is 9.97. The Bertz CT molecular complexity index is 1060. The Balaban J connectivity index is 1.63. The van der Waals surface area contributed by atoms with Crippen LogP contribution in [0, 0.1) is 0 Å². The first-order valence-electron chi connectivity index (χ1n) is 8.83. The number of sulfonamides is 1. The van der Waals surface area contributed by atoms with Gasteiger partial charge in [0.25, 0.3) is 5.24 Å². The van der Waals surface area contributed by atoms with Gasteiger partial charge in [-0.15, -0.1) is 0 Å². The third kappa shape index (κ3) is 5.11. The van der Waals surface area contributed by atoms with Crippen LogP contribution >= 0.6 is 23.4 Å². The van der Waals surface area contributed by atoms with Crippen molar-refractivity contribution >= 4 is 55.9 Å². The summed E-state index contributed by atoms with van der Waals surface area (Å²) in [5.41, 5.74) is 2.24. The molecule has 2 aromatic rings. The highest BCUT2D eigenvalue weighted by Crippen LogP contribution is 2.33. The quantitative estimate of drug-likeness (QED) is 0.734. The molecule has 0 spiro atoms. The molecular formula is C19H20ClN3O4S2. The molecule has 0 saturated carbocycles. The number of hydrogen-bond donors (Lipinski definition) is 2. The zero-order valence-electron chi connectivity index (χ0n) is 15.6. The molecule has 3 rings (SSSR count). The van der Waals surface area contributed by atoms with Crippen LogP contribution in [0.1, 0.15) is 18.9 Å². The van der Waals surface area contributed by atoms with E-state index in [4.69, 9.17) is 16.7 Å². The lowest BCUT2D eigenvalue weighted by Gasteiger charge is -2.34. The van der Waals surface area contributed by atoms with Crippen molar-refractivity contribution in [2.24, 2.45) is 5.14 Å². The maximum atomic E-state index is 12.8. The normalized spacial score (nSPS) is 16.2. The number of hydrogen-bond acceptors (Lipinski definition) is 5. The molecular weight excluding hydrogens is 434 g/mol. The van der Waals surface area contributed by atoms with Crippen molar-refractivity contribution < 1.29 is 18.0 Å². The van der Waals surface area contributed by atoms with Crippen LogP contribution in [0.4, 0.5) is 16.2 Å². The molecule has 1 aliphatic heterocycles. The number of amides is 2. The summed E-state index contributed by atoms with van der Waals surface area (Å²) in [5.74, 6) is -0.524. The summed E-state index contributed by atoms with van der Waals surface area (Å²) in [4.78, 5) is 26.6. The summed E-state index contributed by atoms with van der Waals surface area (Å²) >= 11 is 6.93. The van der Waals surface area contributed by atoms with Gasteiger partial charge in [-0.1, -0.05) is 41.6 Å². The Labute approximate surface area is 178 Å². The van der Waals surface area contributed by atoms with Gasteiger partial charge in [-0.2, -0.15) is 0 Å². The molecule has 154 valence electrons. The SMILES string of the molecule is CC1CCc2ccccc2N1C(=O)SCC(=O)Nc1ccc(S(N)(=O)=O)cc1Cl. The van der Waals surface area contributed by atoms with Gasteiger partial charge in [0, 0.05) is 11.7 Å². The number of carbonyl (C=O) groups excluding carboxylic acids is 2. The second-order valence-corrected chi connectivity index (χ2v) is 9.57. The number of para-hydroxylation sites is 1. The molecule has 0 saturated heterocycles. The zero-order valence-corrected chi connectivity index (χ0v) is 18.0. The third-order valence-corrected chi connectivity index (χ3v) is 6.66. The summed E-state index contributed by atoms with van der Waals surface area (Å²) in [6.07, 6.45) is 1.78. The van der Waals surface area contributed by atoms with Crippen LogP contribution < -0.4 is 15.4 Å². The van der Waals surface area contributed by atoms with Crippen molar-refractivity contribution in [1.29, 1.82) is 0 Å². The van der Waals surface area contributed by atoms with Crippen LogP contribution in [-0.2, 0) is 21.2 Å². The van der Waals surface area contributed by atoms with Gasteiger partial charge in [0.05, 0.1) is 21.4 Å². The van der Waals surface area contributed by atoms with Crippen LogP contribution in [0.3, 0.4) is 0 Å². The van der Waals surface area contributed by atoms with Crippen LogP contribution in [0.2, 0.25) is 5.02 Å². The van der Waals surface area contributed by atoms with Gasteiger partial charge in [-0.25, -0.2) is 13.6 Å². The second kappa shape index (κ2) is 8.74. The number of nitrogens with two attached hydrogens (primary N) is 1. The number of rotatable bonds is 4. The Kier molecular flexibility index (Phi) is 6.52. The Morgan fingerprint density at radius 2 is 2.00 bits per heavy atom. The van der Waals surface area contributed by atoms with Gasteiger partial charge in [0.15, 0.2) is 0 Å². The van der Waals surface area contributed by atoms with E-state index in [1.165, 1.54) is 12.1 Å². The summed E-state index contributed by atoms with van der Waals surface area (Å²) in [5, 5.41) is 7.48. The second-order valence-electron chi connectivity index (χ2n) is 6.68. The minimum atomic E-state index is -3.89. The van der Waals surface area contributed by atoms with Crippen LogP contribution in [-0.4, -0.2) is 31.4 Å². The van der Waals surface area contributed by atoms with E-state index in [0.29, 0.717) is 0 Å². The standard InChI is InChI=1S/C19H20ClN3O4S2/c1-12-6-7-13-4-2-3-5-17(13)23(12)19(25)28-11-18(24)22-16-9-8-14(10-15(16)20)29(21,26)27/h2-5,8-10,12H,6-7,11H2,1H3,(H,22,24)(H2,21,26,27). The number of nitrogens with one attached hydrogen (secondary N) is 1. The molecule has 10 heteroatoms. The van der Waals surface area contributed by atoms with Gasteiger partial charge in [-0.05, 0) is 49.6 Å². The molecule has 0 bridgehead atoms. The molecule has 2 aromatic carbocycles. The van der Waals surface area contributed by atoms with Gasteiger partial charge in [0.2, 0.25) is 15.9 Å². The fraction of sp³-hybridized carbons (Fsp3) is 0.263. The molecule has 1 heterocycles. The van der Waals surface area contributed by atoms with E-state index >= 15 is 0 Å². The van der Waals surface area contributed by atoms with Crippen LogP contribution in [0.15, 0.2) is 47.4 Å². The van der Waals surface area contributed by atoms with Gasteiger partial charge < -0.3 is 10.2 Å². The molecule has 0 radical (unpaired) electrons. The van der Waals surface area contributed by atoms with Crippen molar-refractivity contribution in [3.05, 3.63) is 53.1 Å². The average molecular weight is 454 g/mol. The molecule has 1 atom stereocenters. The van der Waals surface area contributed by atoms with Crippen molar-refractivity contribution in [1.82, 2.24) is 0 Å². The fourth-order valence-electron chi connectivity index (χ4n) is 3.12. The van der Waals surface area contributed by atoms with Crippen LogP contribution in [0.5, 0.6) is 0 Å². The van der Waals surface area contributed by atoms with Crippen LogP contribution in [0.25, 0.3) is 0 Å². The Hall–Kier alpha value is -2.07. The largest absolute Gasteiger partial charge is 0.324 e. The van der Waals surface area contributed by atoms with E-state index in [1.54, 1.807) is 4.90 Å². The average Bonchev–Trinajstić information content (AvgIpc) is 2.66. The minimum absolute atomic E-state index is 0.0415. The lowest BCUT2D eigenvalue weighted by Crippen LogP contribution is -2.40. The van der Waals surface area contributed by atoms with Gasteiger partial charge in [-0.3, -0.25) is 9.59 Å². The number of primary sulfonamides is 1. The molecule has 3 N–H and O–H groups in total. The Morgan fingerprint density at radius 3 is 2.69 bits per heavy atom. The summed E-state index contributed by atoms with van der Waals surface area (Å²) in [7, 11) is -3.89. The number of thioether (sulfide) groups is 1. The van der Waals surface area contributed by atoms with E-state index < -0.39 is 15.9 Å². The summed E-state index contributed by atoms with van der Waals surface area (Å²) in [6, 6.07) is 11.6. The molecule has 2 amide bonds. The maximum absolute atomic E-state index is 12.8. The predicted molar refractivity (Wildman–Crippen MR) is 116 cm³/mol.